The van der Waals surface area contributed by atoms with Crippen LogP contribution in [0.15, 0.2) is 71.2 Å². The highest BCUT2D eigenvalue weighted by Gasteiger charge is 2.11. The Labute approximate surface area is 218 Å². The van der Waals surface area contributed by atoms with Crippen LogP contribution in [0.25, 0.3) is 0 Å². The minimum absolute atomic E-state index is 0.117. The van der Waals surface area contributed by atoms with Crippen LogP contribution in [-0.4, -0.2) is 16.2 Å². The molecule has 3 aromatic rings. The Balaban J connectivity index is 1.51. The van der Waals surface area contributed by atoms with E-state index < -0.39 is 0 Å². The van der Waals surface area contributed by atoms with Crippen molar-refractivity contribution in [3.63, 3.8) is 0 Å². The van der Waals surface area contributed by atoms with E-state index in [0.717, 1.165) is 31.2 Å². The predicted molar refractivity (Wildman–Crippen MR) is 145 cm³/mol. The van der Waals surface area contributed by atoms with Crippen LogP contribution in [-0.2, 0) is 26.1 Å². The predicted octanol–water partition coefficient (Wildman–Crippen LogP) is 7.11. The first-order chi connectivity index (χ1) is 15.9. The van der Waals surface area contributed by atoms with Gasteiger partial charge in [0.25, 0.3) is 5.91 Å². The second-order valence-corrected chi connectivity index (χ2v) is 10.3. The number of hydroxylamine groups is 2. The third-order valence-corrected chi connectivity index (χ3v) is 6.95. The highest BCUT2D eigenvalue weighted by Crippen LogP contribution is 2.21. The summed E-state index contributed by atoms with van der Waals surface area (Å²) in [4.78, 5) is 12.6. The van der Waals surface area contributed by atoms with E-state index in [1.807, 2.05) is 30.3 Å². The number of halogens is 2. The zero-order chi connectivity index (χ0) is 23.6. The number of carbonyl (C=O) groups is 1. The van der Waals surface area contributed by atoms with Gasteiger partial charge >= 0.3 is 0 Å². The SMILES string of the molecule is CCCCCc1ccc(CNC(=O)c2ccc(CN(O)Cc3ccc(I)cc3)c(Br)c2)cc1. The fourth-order valence-corrected chi connectivity index (χ4v) is 4.42. The zero-order valence-corrected chi connectivity index (χ0v) is 22.6. The number of aryl methyl sites for hydroxylation is 1. The molecule has 2 N–H and O–H groups in total. The average molecular weight is 621 g/mol. The van der Waals surface area contributed by atoms with E-state index in [0.29, 0.717) is 25.2 Å². The van der Waals surface area contributed by atoms with Gasteiger partial charge in [-0.25, -0.2) is 0 Å². The number of nitrogens with one attached hydrogen (secondary N) is 1. The van der Waals surface area contributed by atoms with Gasteiger partial charge in [0.15, 0.2) is 0 Å². The number of rotatable bonds is 11. The van der Waals surface area contributed by atoms with E-state index in [2.05, 4.69) is 75.0 Å². The minimum Gasteiger partial charge on any atom is -0.348 e. The molecule has 0 fully saturated rings. The van der Waals surface area contributed by atoms with Crippen LogP contribution in [0, 0.1) is 3.57 Å². The molecule has 0 aromatic heterocycles. The van der Waals surface area contributed by atoms with Crippen molar-refractivity contribution in [1.29, 1.82) is 0 Å². The molecule has 0 aliphatic carbocycles. The van der Waals surface area contributed by atoms with Crippen molar-refractivity contribution in [1.82, 2.24) is 10.4 Å². The lowest BCUT2D eigenvalue weighted by Gasteiger charge is -2.16. The third-order valence-electron chi connectivity index (χ3n) is 5.49. The molecule has 0 radical (unpaired) electrons. The summed E-state index contributed by atoms with van der Waals surface area (Å²) in [5, 5.41) is 14.6. The van der Waals surface area contributed by atoms with Crippen LogP contribution in [0.5, 0.6) is 0 Å². The summed E-state index contributed by atoms with van der Waals surface area (Å²) in [6, 6.07) is 22.0. The molecule has 0 bridgehead atoms. The molecule has 174 valence electrons. The highest BCUT2D eigenvalue weighted by atomic mass is 127. The van der Waals surface area contributed by atoms with E-state index in [1.54, 1.807) is 12.1 Å². The Morgan fingerprint density at radius 3 is 2.27 bits per heavy atom. The summed E-state index contributed by atoms with van der Waals surface area (Å²) in [6.07, 6.45) is 4.82. The van der Waals surface area contributed by atoms with Crippen molar-refractivity contribution in [3.8, 4) is 0 Å². The molecule has 33 heavy (non-hydrogen) atoms. The van der Waals surface area contributed by atoms with Gasteiger partial charge in [-0.05, 0) is 82.0 Å². The van der Waals surface area contributed by atoms with Crippen molar-refractivity contribution in [3.05, 3.63) is 103 Å². The number of unbranched alkanes of at least 4 members (excludes halogenated alkanes) is 2. The van der Waals surface area contributed by atoms with E-state index in [9.17, 15) is 10.0 Å². The van der Waals surface area contributed by atoms with Gasteiger partial charge in [0.1, 0.15) is 0 Å². The lowest BCUT2D eigenvalue weighted by atomic mass is 10.1. The summed E-state index contributed by atoms with van der Waals surface area (Å²) in [6.45, 7) is 3.50. The highest BCUT2D eigenvalue weighted by molar-refractivity contribution is 14.1. The van der Waals surface area contributed by atoms with Crippen molar-refractivity contribution in [2.24, 2.45) is 0 Å². The van der Waals surface area contributed by atoms with Crippen LogP contribution in [0.3, 0.4) is 0 Å². The van der Waals surface area contributed by atoms with Gasteiger partial charge in [0, 0.05) is 26.7 Å². The van der Waals surface area contributed by atoms with Gasteiger partial charge < -0.3 is 10.5 Å². The minimum atomic E-state index is -0.117. The lowest BCUT2D eigenvalue weighted by molar-refractivity contribution is -0.108. The Hall–Kier alpha value is -1.74. The summed E-state index contributed by atoms with van der Waals surface area (Å²) < 4.78 is 1.96. The largest absolute Gasteiger partial charge is 0.348 e. The maximum absolute atomic E-state index is 12.6. The van der Waals surface area contributed by atoms with Gasteiger partial charge in [-0.2, -0.15) is 5.06 Å². The molecule has 0 saturated heterocycles. The maximum Gasteiger partial charge on any atom is 0.251 e. The van der Waals surface area contributed by atoms with E-state index in [-0.39, 0.29) is 5.91 Å². The monoisotopic (exact) mass is 620 g/mol. The summed E-state index contributed by atoms with van der Waals surface area (Å²) in [7, 11) is 0. The quantitative estimate of drug-likeness (QED) is 0.136. The fourth-order valence-electron chi connectivity index (χ4n) is 3.56. The number of carbonyl (C=O) groups excluding carboxylic acids is 1. The smallest absolute Gasteiger partial charge is 0.251 e. The third kappa shape index (κ3) is 8.52. The molecule has 3 rings (SSSR count). The van der Waals surface area contributed by atoms with Crippen molar-refractivity contribution < 1.29 is 10.0 Å². The first kappa shape index (κ1) is 25.9. The first-order valence-electron chi connectivity index (χ1n) is 11.3. The molecule has 0 heterocycles. The standard InChI is InChI=1S/C27H30BrIN2O2/c1-2-3-4-5-20-6-8-21(9-7-20)17-30-27(32)23-12-13-24(26(28)16-23)19-31(33)18-22-10-14-25(29)15-11-22/h6-16,33H,2-5,17-19H2,1H3,(H,30,32). The average Bonchev–Trinajstić information content (AvgIpc) is 2.81. The molecular formula is C27H30BrIN2O2. The van der Waals surface area contributed by atoms with Crippen LogP contribution < -0.4 is 5.32 Å². The molecule has 0 spiro atoms. The van der Waals surface area contributed by atoms with Gasteiger partial charge in [-0.3, -0.25) is 4.79 Å². The first-order valence-corrected chi connectivity index (χ1v) is 13.1. The Morgan fingerprint density at radius 2 is 1.61 bits per heavy atom. The number of hydrogen-bond donors (Lipinski definition) is 2. The molecule has 6 heteroatoms. The number of benzene rings is 3. The summed E-state index contributed by atoms with van der Waals surface area (Å²) in [5.41, 5.74) is 4.98. The maximum atomic E-state index is 12.6. The van der Waals surface area contributed by atoms with E-state index in [4.69, 9.17) is 0 Å². The molecule has 4 nitrogen and oxygen atoms in total. The Morgan fingerprint density at radius 1 is 0.939 bits per heavy atom. The normalized spacial score (nSPS) is 11.1. The Kier molecular flexibility index (Phi) is 10.4. The zero-order valence-electron chi connectivity index (χ0n) is 18.9. The van der Waals surface area contributed by atoms with Crippen molar-refractivity contribution in [2.45, 2.75) is 52.2 Å². The molecule has 0 atom stereocenters. The molecule has 0 saturated carbocycles. The van der Waals surface area contributed by atoms with E-state index in [1.165, 1.54) is 29.9 Å². The second kappa shape index (κ2) is 13.2. The van der Waals surface area contributed by atoms with Crippen LogP contribution >= 0.6 is 38.5 Å². The van der Waals surface area contributed by atoms with Gasteiger partial charge in [0.05, 0.1) is 6.54 Å². The summed E-state index contributed by atoms with van der Waals surface area (Å²) in [5.74, 6) is -0.117. The van der Waals surface area contributed by atoms with Gasteiger partial charge in [-0.15, -0.1) is 0 Å². The van der Waals surface area contributed by atoms with Gasteiger partial charge in [0.2, 0.25) is 0 Å². The number of nitrogens with zero attached hydrogens (tertiary/aromatic N) is 1. The van der Waals surface area contributed by atoms with Crippen LogP contribution in [0.1, 0.15) is 58.8 Å². The molecule has 3 aromatic carbocycles. The molecule has 1 amide bonds. The number of hydrogen-bond acceptors (Lipinski definition) is 3. The van der Waals surface area contributed by atoms with Crippen molar-refractivity contribution in [2.75, 3.05) is 0 Å². The topological polar surface area (TPSA) is 52.6 Å². The molecule has 0 aliphatic rings. The summed E-state index contributed by atoms with van der Waals surface area (Å²) >= 11 is 5.81. The lowest BCUT2D eigenvalue weighted by Crippen LogP contribution is -2.23. The van der Waals surface area contributed by atoms with E-state index >= 15 is 0 Å². The number of amides is 1. The molecular weight excluding hydrogens is 591 g/mol. The molecule has 0 aliphatic heterocycles. The molecule has 0 unspecified atom stereocenters. The van der Waals surface area contributed by atoms with Crippen LogP contribution in [0.2, 0.25) is 0 Å². The van der Waals surface area contributed by atoms with Gasteiger partial charge in [-0.1, -0.05) is 78.2 Å². The van der Waals surface area contributed by atoms with Crippen LogP contribution in [0.4, 0.5) is 0 Å². The van der Waals surface area contributed by atoms with Crippen molar-refractivity contribution >= 4 is 44.4 Å². The Bertz CT molecular complexity index is 1040. The fraction of sp³-hybridized carbons (Fsp3) is 0.296. The second-order valence-electron chi connectivity index (χ2n) is 8.21.